The Balaban J connectivity index is 2.30. The minimum atomic E-state index is -0.190. The van der Waals surface area contributed by atoms with E-state index < -0.39 is 0 Å². The molecular formula is C12H17N3OS. The van der Waals surface area contributed by atoms with Gasteiger partial charge in [-0.3, -0.25) is 0 Å². The van der Waals surface area contributed by atoms with Crippen LogP contribution in [-0.4, -0.2) is 34.3 Å². The molecule has 0 spiro atoms. The van der Waals surface area contributed by atoms with Crippen molar-refractivity contribution < 1.29 is 5.11 Å². The van der Waals surface area contributed by atoms with Crippen LogP contribution in [0.5, 0.6) is 0 Å². The SMILES string of the molecule is Cc1ccc(C(N)=S)c(N2CCC(O)CC2)n1. The number of nitrogens with zero attached hydrogens (tertiary/aromatic N) is 2. The maximum atomic E-state index is 9.51. The zero-order valence-electron chi connectivity index (χ0n) is 9.89. The summed E-state index contributed by atoms with van der Waals surface area (Å²) in [7, 11) is 0. The standard InChI is InChI=1S/C12H17N3OS/c1-8-2-3-10(11(13)17)12(14-8)15-6-4-9(16)5-7-15/h2-3,9,16H,4-7H2,1H3,(H2,13,17). The summed E-state index contributed by atoms with van der Waals surface area (Å²) in [5.41, 5.74) is 7.49. The van der Waals surface area contributed by atoms with Crippen molar-refractivity contribution in [2.24, 2.45) is 5.73 Å². The molecule has 1 fully saturated rings. The second-order valence-electron chi connectivity index (χ2n) is 4.41. The highest BCUT2D eigenvalue weighted by Gasteiger charge is 2.21. The number of aryl methyl sites for hydroxylation is 1. The monoisotopic (exact) mass is 251 g/mol. The molecule has 5 heteroatoms. The molecule has 1 aromatic heterocycles. The predicted octanol–water partition coefficient (Wildman–Crippen LogP) is 0.985. The third-order valence-corrected chi connectivity index (χ3v) is 3.26. The zero-order chi connectivity index (χ0) is 12.4. The van der Waals surface area contributed by atoms with E-state index in [-0.39, 0.29) is 6.10 Å². The van der Waals surface area contributed by atoms with E-state index in [0.29, 0.717) is 4.99 Å². The third kappa shape index (κ3) is 2.73. The van der Waals surface area contributed by atoms with E-state index in [9.17, 15) is 5.11 Å². The highest BCUT2D eigenvalue weighted by atomic mass is 32.1. The quantitative estimate of drug-likeness (QED) is 0.767. The lowest BCUT2D eigenvalue weighted by atomic mass is 10.1. The van der Waals surface area contributed by atoms with Crippen LogP contribution >= 0.6 is 12.2 Å². The van der Waals surface area contributed by atoms with Crippen LogP contribution < -0.4 is 10.6 Å². The van der Waals surface area contributed by atoms with E-state index in [2.05, 4.69) is 9.88 Å². The number of hydrogen-bond donors (Lipinski definition) is 2. The molecular weight excluding hydrogens is 234 g/mol. The van der Waals surface area contributed by atoms with E-state index in [0.717, 1.165) is 43.0 Å². The van der Waals surface area contributed by atoms with Crippen molar-refractivity contribution in [3.05, 3.63) is 23.4 Å². The summed E-state index contributed by atoms with van der Waals surface area (Å²) in [6.45, 7) is 3.55. The number of rotatable bonds is 2. The Morgan fingerprint density at radius 1 is 1.47 bits per heavy atom. The molecule has 0 bridgehead atoms. The molecule has 0 amide bonds. The van der Waals surface area contributed by atoms with Gasteiger partial charge in [-0.2, -0.15) is 0 Å². The average molecular weight is 251 g/mol. The predicted molar refractivity (Wildman–Crippen MR) is 72.3 cm³/mol. The van der Waals surface area contributed by atoms with Crippen LogP contribution in [0.2, 0.25) is 0 Å². The number of aliphatic hydroxyl groups is 1. The van der Waals surface area contributed by atoms with Gasteiger partial charge in [-0.25, -0.2) is 4.98 Å². The fourth-order valence-corrected chi connectivity index (χ4v) is 2.21. The van der Waals surface area contributed by atoms with Crippen LogP contribution in [0.25, 0.3) is 0 Å². The smallest absolute Gasteiger partial charge is 0.139 e. The summed E-state index contributed by atoms with van der Waals surface area (Å²) in [5, 5.41) is 9.51. The molecule has 2 rings (SSSR count). The minimum absolute atomic E-state index is 0.190. The first-order valence-corrected chi connectivity index (χ1v) is 6.19. The number of anilines is 1. The second-order valence-corrected chi connectivity index (χ2v) is 4.85. The number of thiocarbonyl (C=S) groups is 1. The molecule has 1 aromatic rings. The number of nitrogens with two attached hydrogens (primary N) is 1. The van der Waals surface area contributed by atoms with Gasteiger partial charge in [0.15, 0.2) is 0 Å². The molecule has 2 heterocycles. The van der Waals surface area contributed by atoms with Gasteiger partial charge in [0.2, 0.25) is 0 Å². The van der Waals surface area contributed by atoms with Crippen molar-refractivity contribution in [1.82, 2.24) is 4.98 Å². The van der Waals surface area contributed by atoms with E-state index in [1.54, 1.807) is 0 Å². The molecule has 0 unspecified atom stereocenters. The molecule has 0 aromatic carbocycles. The summed E-state index contributed by atoms with van der Waals surface area (Å²) in [6, 6.07) is 3.84. The summed E-state index contributed by atoms with van der Waals surface area (Å²) in [5.74, 6) is 0.851. The number of piperidine rings is 1. The fourth-order valence-electron chi connectivity index (χ4n) is 2.05. The Morgan fingerprint density at radius 2 is 2.12 bits per heavy atom. The van der Waals surface area contributed by atoms with Gasteiger partial charge in [0.1, 0.15) is 10.8 Å². The van der Waals surface area contributed by atoms with Gasteiger partial charge in [0.25, 0.3) is 0 Å². The highest BCUT2D eigenvalue weighted by molar-refractivity contribution is 7.80. The van der Waals surface area contributed by atoms with Crippen LogP contribution in [-0.2, 0) is 0 Å². The Kier molecular flexibility index (Phi) is 3.59. The van der Waals surface area contributed by atoms with Crippen molar-refractivity contribution in [1.29, 1.82) is 0 Å². The van der Waals surface area contributed by atoms with Gasteiger partial charge in [-0.05, 0) is 31.9 Å². The summed E-state index contributed by atoms with van der Waals surface area (Å²) >= 11 is 5.05. The number of aliphatic hydroxyl groups excluding tert-OH is 1. The van der Waals surface area contributed by atoms with Gasteiger partial charge < -0.3 is 15.7 Å². The Hall–Kier alpha value is -1.20. The molecule has 92 valence electrons. The number of hydrogen-bond acceptors (Lipinski definition) is 4. The first-order chi connectivity index (χ1) is 8.08. The van der Waals surface area contributed by atoms with Gasteiger partial charge in [-0.15, -0.1) is 0 Å². The first-order valence-electron chi connectivity index (χ1n) is 5.78. The lowest BCUT2D eigenvalue weighted by Gasteiger charge is -2.31. The van der Waals surface area contributed by atoms with Gasteiger partial charge >= 0.3 is 0 Å². The van der Waals surface area contributed by atoms with E-state index in [4.69, 9.17) is 18.0 Å². The summed E-state index contributed by atoms with van der Waals surface area (Å²) in [6.07, 6.45) is 1.35. The second kappa shape index (κ2) is 4.98. The molecule has 4 nitrogen and oxygen atoms in total. The van der Waals surface area contributed by atoms with Crippen LogP contribution in [0.4, 0.5) is 5.82 Å². The molecule has 1 saturated heterocycles. The summed E-state index contributed by atoms with van der Waals surface area (Å²) < 4.78 is 0. The normalized spacial score (nSPS) is 17.2. The molecule has 0 radical (unpaired) electrons. The number of pyridine rings is 1. The Morgan fingerprint density at radius 3 is 2.71 bits per heavy atom. The molecule has 17 heavy (non-hydrogen) atoms. The summed E-state index contributed by atoms with van der Waals surface area (Å²) in [4.78, 5) is 7.04. The molecule has 1 aliphatic rings. The van der Waals surface area contributed by atoms with E-state index in [1.165, 1.54) is 0 Å². The molecule has 0 aliphatic carbocycles. The van der Waals surface area contributed by atoms with Crippen molar-refractivity contribution >= 4 is 23.0 Å². The molecule has 0 atom stereocenters. The Labute approximate surface area is 106 Å². The van der Waals surface area contributed by atoms with Crippen LogP contribution in [0.15, 0.2) is 12.1 Å². The number of aromatic nitrogens is 1. The zero-order valence-corrected chi connectivity index (χ0v) is 10.7. The van der Waals surface area contributed by atoms with E-state index in [1.807, 2.05) is 19.1 Å². The van der Waals surface area contributed by atoms with Crippen molar-refractivity contribution in [3.8, 4) is 0 Å². The third-order valence-electron chi connectivity index (χ3n) is 3.04. The first kappa shape index (κ1) is 12.3. The molecule has 3 N–H and O–H groups in total. The van der Waals surface area contributed by atoms with Gasteiger partial charge in [0, 0.05) is 18.8 Å². The maximum absolute atomic E-state index is 9.51. The van der Waals surface area contributed by atoms with Crippen molar-refractivity contribution in [3.63, 3.8) is 0 Å². The lowest BCUT2D eigenvalue weighted by molar-refractivity contribution is 0.145. The van der Waals surface area contributed by atoms with Crippen LogP contribution in [0, 0.1) is 6.92 Å². The topological polar surface area (TPSA) is 62.4 Å². The van der Waals surface area contributed by atoms with E-state index >= 15 is 0 Å². The lowest BCUT2D eigenvalue weighted by Crippen LogP contribution is -2.37. The van der Waals surface area contributed by atoms with Crippen molar-refractivity contribution in [2.45, 2.75) is 25.9 Å². The minimum Gasteiger partial charge on any atom is -0.393 e. The fraction of sp³-hybridized carbons (Fsp3) is 0.500. The molecule has 0 saturated carbocycles. The van der Waals surface area contributed by atoms with Crippen molar-refractivity contribution in [2.75, 3.05) is 18.0 Å². The van der Waals surface area contributed by atoms with Crippen LogP contribution in [0.3, 0.4) is 0 Å². The highest BCUT2D eigenvalue weighted by Crippen LogP contribution is 2.22. The van der Waals surface area contributed by atoms with Gasteiger partial charge in [-0.1, -0.05) is 12.2 Å². The van der Waals surface area contributed by atoms with Crippen LogP contribution in [0.1, 0.15) is 24.1 Å². The molecule has 1 aliphatic heterocycles. The average Bonchev–Trinajstić information content (AvgIpc) is 2.29. The Bertz CT molecular complexity index is 428. The maximum Gasteiger partial charge on any atom is 0.139 e. The van der Waals surface area contributed by atoms with Gasteiger partial charge in [0.05, 0.1) is 11.7 Å². The largest absolute Gasteiger partial charge is 0.393 e.